The van der Waals surface area contributed by atoms with Gasteiger partial charge in [0.05, 0.1) is 7.11 Å². The van der Waals surface area contributed by atoms with Crippen LogP contribution in [0.25, 0.3) is 11.1 Å². The van der Waals surface area contributed by atoms with Gasteiger partial charge in [-0.3, -0.25) is 0 Å². The third-order valence-corrected chi connectivity index (χ3v) is 3.33. The van der Waals surface area contributed by atoms with E-state index >= 15 is 0 Å². The highest BCUT2D eigenvalue weighted by Crippen LogP contribution is 2.26. The summed E-state index contributed by atoms with van der Waals surface area (Å²) in [6.45, 7) is 2.00. The summed E-state index contributed by atoms with van der Waals surface area (Å²) in [5.41, 5.74) is 8.43. The fraction of sp³-hybridized carbons (Fsp3) is 0.294. The number of methoxy groups -OCH3 is 1. The fourth-order valence-corrected chi connectivity index (χ4v) is 2.10. The molecule has 0 aliphatic rings. The van der Waals surface area contributed by atoms with Crippen LogP contribution < -0.4 is 10.5 Å². The molecule has 0 aromatic heterocycles. The average molecular weight is 273 g/mol. The van der Waals surface area contributed by atoms with Crippen molar-refractivity contribution in [2.45, 2.75) is 25.8 Å². The van der Waals surface area contributed by atoms with Gasteiger partial charge in [-0.1, -0.05) is 24.3 Å². The number of ether oxygens (including phenoxy) is 1. The van der Waals surface area contributed by atoms with Crippen LogP contribution in [0.5, 0.6) is 5.75 Å². The molecule has 2 aromatic rings. The van der Waals surface area contributed by atoms with Crippen LogP contribution >= 0.6 is 0 Å². The van der Waals surface area contributed by atoms with E-state index in [4.69, 9.17) is 10.5 Å². The van der Waals surface area contributed by atoms with Crippen LogP contribution in [-0.4, -0.2) is 13.2 Å². The Morgan fingerprint density at radius 3 is 2.40 bits per heavy atom. The lowest BCUT2D eigenvalue weighted by atomic mass is 10.0. The van der Waals surface area contributed by atoms with Gasteiger partial charge < -0.3 is 10.5 Å². The van der Waals surface area contributed by atoms with Crippen molar-refractivity contribution in [3.8, 4) is 16.9 Å². The van der Waals surface area contributed by atoms with Gasteiger partial charge in [-0.2, -0.15) is 0 Å². The van der Waals surface area contributed by atoms with E-state index in [1.165, 1.54) is 18.7 Å². The van der Waals surface area contributed by atoms with Crippen LogP contribution in [0, 0.1) is 5.82 Å². The number of rotatable bonds is 5. The lowest BCUT2D eigenvalue weighted by Crippen LogP contribution is -2.15. The monoisotopic (exact) mass is 273 g/mol. The molecular formula is C17H20FNO. The van der Waals surface area contributed by atoms with E-state index in [1.54, 1.807) is 12.1 Å². The molecule has 0 saturated carbocycles. The Morgan fingerprint density at radius 2 is 1.85 bits per heavy atom. The quantitative estimate of drug-likeness (QED) is 0.899. The summed E-state index contributed by atoms with van der Waals surface area (Å²) in [7, 11) is 1.53. The maximum absolute atomic E-state index is 14.0. The van der Waals surface area contributed by atoms with E-state index in [1.807, 2.05) is 31.2 Å². The maximum atomic E-state index is 14.0. The third-order valence-electron chi connectivity index (χ3n) is 3.33. The van der Waals surface area contributed by atoms with Crippen molar-refractivity contribution < 1.29 is 9.13 Å². The minimum absolute atomic E-state index is 0.203. The summed E-state index contributed by atoms with van der Waals surface area (Å²) >= 11 is 0. The molecule has 0 fully saturated rings. The number of hydrogen-bond donors (Lipinski definition) is 1. The van der Waals surface area contributed by atoms with Crippen LogP contribution in [-0.2, 0) is 6.42 Å². The Balaban J connectivity index is 2.17. The molecule has 0 heterocycles. The average Bonchev–Trinajstić information content (AvgIpc) is 2.45. The highest BCUT2D eigenvalue weighted by Gasteiger charge is 2.06. The summed E-state index contributed by atoms with van der Waals surface area (Å²) in [4.78, 5) is 0. The Hall–Kier alpha value is -1.87. The van der Waals surface area contributed by atoms with E-state index in [-0.39, 0.29) is 11.9 Å². The fourth-order valence-electron chi connectivity index (χ4n) is 2.10. The van der Waals surface area contributed by atoms with Crippen molar-refractivity contribution in [1.82, 2.24) is 0 Å². The molecule has 20 heavy (non-hydrogen) atoms. The normalized spacial score (nSPS) is 12.2. The first-order valence-electron chi connectivity index (χ1n) is 6.78. The number of nitrogens with two attached hydrogens (primary N) is 1. The molecule has 0 spiro atoms. The largest absolute Gasteiger partial charge is 0.497 e. The van der Waals surface area contributed by atoms with Gasteiger partial charge in [0.1, 0.15) is 11.6 Å². The maximum Gasteiger partial charge on any atom is 0.134 e. The van der Waals surface area contributed by atoms with Crippen LogP contribution in [0.2, 0.25) is 0 Å². The van der Waals surface area contributed by atoms with Gasteiger partial charge in [0.25, 0.3) is 0 Å². The molecule has 1 unspecified atom stereocenters. The summed E-state index contributed by atoms with van der Waals surface area (Å²) < 4.78 is 19.0. The van der Waals surface area contributed by atoms with Crippen molar-refractivity contribution in [2.24, 2.45) is 5.73 Å². The summed E-state index contributed by atoms with van der Waals surface area (Å²) in [5.74, 6) is 0.257. The van der Waals surface area contributed by atoms with Crippen molar-refractivity contribution in [3.05, 3.63) is 53.8 Å². The lowest BCUT2D eigenvalue weighted by Gasteiger charge is -2.08. The first-order valence-corrected chi connectivity index (χ1v) is 6.78. The Labute approximate surface area is 119 Å². The van der Waals surface area contributed by atoms with Crippen molar-refractivity contribution in [1.29, 1.82) is 0 Å². The smallest absolute Gasteiger partial charge is 0.134 e. The van der Waals surface area contributed by atoms with Crippen LogP contribution in [0.1, 0.15) is 18.9 Å². The molecule has 0 amide bonds. The predicted molar refractivity (Wildman–Crippen MR) is 80.4 cm³/mol. The zero-order valence-corrected chi connectivity index (χ0v) is 11.9. The second-order valence-corrected chi connectivity index (χ2v) is 5.06. The SMILES string of the molecule is COc1ccc(-c2ccc(CCC(C)N)cc2)c(F)c1. The summed E-state index contributed by atoms with van der Waals surface area (Å²) in [5, 5.41) is 0. The highest BCUT2D eigenvalue weighted by molar-refractivity contribution is 5.65. The van der Waals surface area contributed by atoms with Gasteiger partial charge >= 0.3 is 0 Å². The summed E-state index contributed by atoms with van der Waals surface area (Å²) in [6.07, 6.45) is 1.90. The second-order valence-electron chi connectivity index (χ2n) is 5.06. The van der Waals surface area contributed by atoms with Gasteiger partial charge in [0, 0.05) is 17.7 Å². The van der Waals surface area contributed by atoms with Gasteiger partial charge in [-0.15, -0.1) is 0 Å². The van der Waals surface area contributed by atoms with E-state index < -0.39 is 0 Å². The molecular weight excluding hydrogens is 253 g/mol. The van der Waals surface area contributed by atoms with Crippen molar-refractivity contribution in [2.75, 3.05) is 7.11 Å². The molecule has 0 aliphatic heterocycles. The van der Waals surface area contributed by atoms with Gasteiger partial charge in [-0.05, 0) is 43.0 Å². The first-order chi connectivity index (χ1) is 9.60. The Kier molecular flexibility index (Phi) is 4.74. The molecule has 0 aliphatic carbocycles. The van der Waals surface area contributed by atoms with Crippen LogP contribution in [0.15, 0.2) is 42.5 Å². The molecule has 1 atom stereocenters. The molecule has 2 N–H and O–H groups in total. The molecule has 0 saturated heterocycles. The molecule has 0 bridgehead atoms. The number of hydrogen-bond acceptors (Lipinski definition) is 2. The molecule has 106 valence electrons. The number of halogens is 1. The Bertz CT molecular complexity index is 564. The molecule has 2 aromatic carbocycles. The zero-order valence-electron chi connectivity index (χ0n) is 11.9. The van der Waals surface area contributed by atoms with E-state index in [9.17, 15) is 4.39 Å². The Morgan fingerprint density at radius 1 is 1.15 bits per heavy atom. The van der Waals surface area contributed by atoms with Gasteiger partial charge in [-0.25, -0.2) is 4.39 Å². The molecule has 2 rings (SSSR count). The van der Waals surface area contributed by atoms with Crippen LogP contribution in [0.4, 0.5) is 4.39 Å². The van der Waals surface area contributed by atoms with E-state index in [0.717, 1.165) is 18.4 Å². The van der Waals surface area contributed by atoms with Gasteiger partial charge in [0.15, 0.2) is 0 Å². The number of benzene rings is 2. The summed E-state index contributed by atoms with van der Waals surface area (Å²) in [6, 6.07) is 13.1. The molecule has 3 heteroatoms. The van der Waals surface area contributed by atoms with E-state index in [2.05, 4.69) is 0 Å². The standard InChI is InChI=1S/C17H20FNO/c1-12(19)3-4-13-5-7-14(8-6-13)16-10-9-15(20-2)11-17(16)18/h5-12H,3-4,19H2,1-2H3. The third kappa shape index (κ3) is 3.58. The minimum atomic E-state index is -0.271. The highest BCUT2D eigenvalue weighted by atomic mass is 19.1. The van der Waals surface area contributed by atoms with E-state index in [0.29, 0.717) is 11.3 Å². The van der Waals surface area contributed by atoms with Crippen LogP contribution in [0.3, 0.4) is 0 Å². The minimum Gasteiger partial charge on any atom is -0.497 e. The number of aryl methyl sites for hydroxylation is 1. The predicted octanol–water partition coefficient (Wildman–Crippen LogP) is 3.78. The lowest BCUT2D eigenvalue weighted by molar-refractivity contribution is 0.411. The topological polar surface area (TPSA) is 35.2 Å². The second kappa shape index (κ2) is 6.53. The molecule has 2 nitrogen and oxygen atoms in total. The first kappa shape index (κ1) is 14.5. The molecule has 0 radical (unpaired) electrons. The van der Waals surface area contributed by atoms with Crippen molar-refractivity contribution in [3.63, 3.8) is 0 Å². The zero-order chi connectivity index (χ0) is 14.5. The van der Waals surface area contributed by atoms with Gasteiger partial charge in [0.2, 0.25) is 0 Å². The van der Waals surface area contributed by atoms with Crippen molar-refractivity contribution >= 4 is 0 Å².